The van der Waals surface area contributed by atoms with Crippen LogP contribution in [0.5, 0.6) is 0 Å². The van der Waals surface area contributed by atoms with E-state index in [9.17, 15) is 18.4 Å². The summed E-state index contributed by atoms with van der Waals surface area (Å²) in [5.74, 6) is -1.67. The Morgan fingerprint density at radius 2 is 1.58 bits per heavy atom. The highest BCUT2D eigenvalue weighted by atomic mass is 19.1. The third kappa shape index (κ3) is 3.57. The molecule has 1 heterocycles. The van der Waals surface area contributed by atoms with Crippen LogP contribution in [-0.4, -0.2) is 47.8 Å². The molecule has 0 bridgehead atoms. The molecule has 0 aromatic heterocycles. The summed E-state index contributed by atoms with van der Waals surface area (Å²) in [5, 5.41) is 0. The standard InChI is InChI=1S/C18H22F2N2O2/c19-14-6-7-15(16(20)12-14)18(24)22-9-3-8-21(10-11-22)17(23)13-4-1-2-5-13/h6-7,12-13H,1-5,8-11H2. The average molecular weight is 336 g/mol. The minimum atomic E-state index is -0.844. The van der Waals surface area contributed by atoms with E-state index >= 15 is 0 Å². The van der Waals surface area contributed by atoms with Crippen molar-refractivity contribution in [2.24, 2.45) is 5.92 Å². The van der Waals surface area contributed by atoms with Crippen LogP contribution in [0.1, 0.15) is 42.5 Å². The molecule has 1 saturated heterocycles. The maximum absolute atomic E-state index is 13.8. The number of benzene rings is 1. The predicted octanol–water partition coefficient (Wildman–Crippen LogP) is 2.83. The van der Waals surface area contributed by atoms with Crippen molar-refractivity contribution in [2.75, 3.05) is 26.2 Å². The molecule has 2 aliphatic rings. The van der Waals surface area contributed by atoms with Crippen LogP contribution < -0.4 is 0 Å². The minimum absolute atomic E-state index is 0.119. The molecule has 1 aromatic rings. The van der Waals surface area contributed by atoms with Crippen molar-refractivity contribution in [3.8, 4) is 0 Å². The highest BCUT2D eigenvalue weighted by Gasteiger charge is 2.29. The Balaban J connectivity index is 1.64. The fraction of sp³-hybridized carbons (Fsp3) is 0.556. The fourth-order valence-electron chi connectivity index (χ4n) is 3.61. The van der Waals surface area contributed by atoms with Crippen molar-refractivity contribution in [3.63, 3.8) is 0 Å². The van der Waals surface area contributed by atoms with Crippen LogP contribution in [0.15, 0.2) is 18.2 Å². The molecule has 2 fully saturated rings. The molecular weight excluding hydrogens is 314 g/mol. The molecule has 4 nitrogen and oxygen atoms in total. The zero-order valence-electron chi connectivity index (χ0n) is 13.6. The second-order valence-electron chi connectivity index (χ2n) is 6.58. The third-order valence-electron chi connectivity index (χ3n) is 4.96. The van der Waals surface area contributed by atoms with Gasteiger partial charge in [-0.15, -0.1) is 0 Å². The lowest BCUT2D eigenvalue weighted by atomic mass is 10.1. The molecule has 2 amide bonds. The first kappa shape index (κ1) is 16.9. The van der Waals surface area contributed by atoms with Crippen molar-refractivity contribution < 1.29 is 18.4 Å². The Hall–Kier alpha value is -1.98. The summed E-state index contributed by atoms with van der Waals surface area (Å²) in [6.45, 7) is 1.97. The van der Waals surface area contributed by atoms with Gasteiger partial charge in [-0.3, -0.25) is 9.59 Å². The van der Waals surface area contributed by atoms with Gasteiger partial charge in [-0.05, 0) is 31.4 Å². The van der Waals surface area contributed by atoms with Crippen LogP contribution in [-0.2, 0) is 4.79 Å². The summed E-state index contributed by atoms with van der Waals surface area (Å²) < 4.78 is 26.8. The quantitative estimate of drug-likeness (QED) is 0.833. The lowest BCUT2D eigenvalue weighted by Crippen LogP contribution is -2.39. The van der Waals surface area contributed by atoms with Crippen molar-refractivity contribution in [2.45, 2.75) is 32.1 Å². The second-order valence-corrected chi connectivity index (χ2v) is 6.58. The van der Waals surface area contributed by atoms with E-state index in [4.69, 9.17) is 0 Å². The van der Waals surface area contributed by atoms with Crippen LogP contribution in [0.3, 0.4) is 0 Å². The molecule has 6 heteroatoms. The van der Waals surface area contributed by atoms with Gasteiger partial charge >= 0.3 is 0 Å². The van der Waals surface area contributed by atoms with Crippen LogP contribution in [0, 0.1) is 17.6 Å². The smallest absolute Gasteiger partial charge is 0.256 e. The van der Waals surface area contributed by atoms with Gasteiger partial charge in [0.1, 0.15) is 11.6 Å². The van der Waals surface area contributed by atoms with Crippen LogP contribution in [0.25, 0.3) is 0 Å². The Labute approximate surface area is 140 Å². The Morgan fingerprint density at radius 1 is 0.917 bits per heavy atom. The zero-order chi connectivity index (χ0) is 17.1. The van der Waals surface area contributed by atoms with E-state index in [1.54, 1.807) is 4.90 Å². The molecular formula is C18H22F2N2O2. The Morgan fingerprint density at radius 3 is 2.29 bits per heavy atom. The molecule has 1 aromatic carbocycles. The highest BCUT2D eigenvalue weighted by molar-refractivity contribution is 5.94. The normalized spacial score (nSPS) is 19.4. The summed E-state index contributed by atoms with van der Waals surface area (Å²) >= 11 is 0. The topological polar surface area (TPSA) is 40.6 Å². The first-order chi connectivity index (χ1) is 11.6. The number of carbonyl (C=O) groups excluding carboxylic acids is 2. The molecule has 1 aliphatic carbocycles. The maximum atomic E-state index is 13.8. The number of rotatable bonds is 2. The van der Waals surface area contributed by atoms with Crippen LogP contribution >= 0.6 is 0 Å². The summed E-state index contributed by atoms with van der Waals surface area (Å²) in [5.41, 5.74) is -0.119. The molecule has 0 radical (unpaired) electrons. The van der Waals surface area contributed by atoms with Gasteiger partial charge in [0.15, 0.2) is 0 Å². The largest absolute Gasteiger partial charge is 0.341 e. The van der Waals surface area contributed by atoms with Crippen molar-refractivity contribution in [1.82, 2.24) is 9.80 Å². The minimum Gasteiger partial charge on any atom is -0.341 e. The maximum Gasteiger partial charge on any atom is 0.256 e. The van der Waals surface area contributed by atoms with Gasteiger partial charge in [0, 0.05) is 38.2 Å². The van der Waals surface area contributed by atoms with Gasteiger partial charge in [-0.25, -0.2) is 8.78 Å². The molecule has 0 spiro atoms. The highest BCUT2D eigenvalue weighted by Crippen LogP contribution is 2.27. The van der Waals surface area contributed by atoms with E-state index in [-0.39, 0.29) is 17.4 Å². The molecule has 0 unspecified atom stereocenters. The van der Waals surface area contributed by atoms with Crippen LogP contribution in [0.2, 0.25) is 0 Å². The van der Waals surface area contributed by atoms with Crippen molar-refractivity contribution in [3.05, 3.63) is 35.4 Å². The number of nitrogens with zero attached hydrogens (tertiary/aromatic N) is 2. The summed E-state index contributed by atoms with van der Waals surface area (Å²) in [6, 6.07) is 2.99. The molecule has 1 aliphatic heterocycles. The van der Waals surface area contributed by atoms with E-state index < -0.39 is 17.5 Å². The van der Waals surface area contributed by atoms with E-state index in [2.05, 4.69) is 0 Å². The second kappa shape index (κ2) is 7.28. The van der Waals surface area contributed by atoms with E-state index in [1.807, 2.05) is 4.90 Å². The van der Waals surface area contributed by atoms with E-state index in [0.717, 1.165) is 37.8 Å². The molecule has 3 rings (SSSR count). The Kier molecular flexibility index (Phi) is 5.11. The molecule has 0 N–H and O–H groups in total. The van der Waals surface area contributed by atoms with E-state index in [0.29, 0.717) is 32.6 Å². The Bertz CT molecular complexity index is 629. The molecule has 0 atom stereocenters. The van der Waals surface area contributed by atoms with Gasteiger partial charge in [-0.2, -0.15) is 0 Å². The summed E-state index contributed by atoms with van der Waals surface area (Å²) in [6.07, 6.45) is 4.81. The van der Waals surface area contributed by atoms with Gasteiger partial charge in [0.05, 0.1) is 5.56 Å². The third-order valence-corrected chi connectivity index (χ3v) is 4.96. The van der Waals surface area contributed by atoms with Crippen molar-refractivity contribution in [1.29, 1.82) is 0 Å². The van der Waals surface area contributed by atoms with Crippen molar-refractivity contribution >= 4 is 11.8 Å². The molecule has 1 saturated carbocycles. The van der Waals surface area contributed by atoms with Gasteiger partial charge in [0.2, 0.25) is 5.91 Å². The lowest BCUT2D eigenvalue weighted by Gasteiger charge is -2.24. The van der Waals surface area contributed by atoms with Gasteiger partial charge in [0.25, 0.3) is 5.91 Å². The van der Waals surface area contributed by atoms with E-state index in [1.165, 1.54) is 6.07 Å². The van der Waals surface area contributed by atoms with Crippen LogP contribution in [0.4, 0.5) is 8.78 Å². The van der Waals surface area contributed by atoms with Gasteiger partial charge in [-0.1, -0.05) is 12.8 Å². The fourth-order valence-corrected chi connectivity index (χ4v) is 3.61. The first-order valence-corrected chi connectivity index (χ1v) is 8.59. The zero-order valence-corrected chi connectivity index (χ0v) is 13.6. The number of carbonyl (C=O) groups is 2. The monoisotopic (exact) mass is 336 g/mol. The lowest BCUT2D eigenvalue weighted by molar-refractivity contribution is -0.135. The average Bonchev–Trinajstić information content (AvgIpc) is 2.98. The van der Waals surface area contributed by atoms with Gasteiger partial charge < -0.3 is 9.80 Å². The summed E-state index contributed by atoms with van der Waals surface area (Å²) in [4.78, 5) is 28.4. The number of amides is 2. The summed E-state index contributed by atoms with van der Waals surface area (Å²) in [7, 11) is 0. The number of hydrogen-bond donors (Lipinski definition) is 0. The SMILES string of the molecule is O=C(c1ccc(F)cc1F)N1CCCN(C(=O)C2CCCC2)CC1. The predicted molar refractivity (Wildman–Crippen MR) is 85.4 cm³/mol. The number of hydrogen-bond acceptors (Lipinski definition) is 2. The number of halogens is 2. The molecule has 24 heavy (non-hydrogen) atoms. The first-order valence-electron chi connectivity index (χ1n) is 8.59. The molecule has 130 valence electrons.